The van der Waals surface area contributed by atoms with E-state index in [0.717, 1.165) is 22.5 Å². The predicted octanol–water partition coefficient (Wildman–Crippen LogP) is 3.09. The summed E-state index contributed by atoms with van der Waals surface area (Å²) in [5.74, 6) is 0.143. The second-order valence-electron chi connectivity index (χ2n) is 7.90. The van der Waals surface area contributed by atoms with Crippen LogP contribution in [-0.4, -0.2) is 49.7 Å². The van der Waals surface area contributed by atoms with Gasteiger partial charge in [-0.2, -0.15) is 10.1 Å². The predicted molar refractivity (Wildman–Crippen MR) is 114 cm³/mol. The van der Waals surface area contributed by atoms with Crippen molar-refractivity contribution in [3.05, 3.63) is 65.0 Å². The number of hydrogen-bond acceptors (Lipinski definition) is 4. The van der Waals surface area contributed by atoms with E-state index in [4.69, 9.17) is 11.6 Å². The van der Waals surface area contributed by atoms with Crippen LogP contribution in [0.25, 0.3) is 11.3 Å². The molecule has 0 aliphatic carbocycles. The summed E-state index contributed by atoms with van der Waals surface area (Å²) in [6, 6.07) is 7.51. The van der Waals surface area contributed by atoms with E-state index in [-0.39, 0.29) is 18.2 Å². The lowest BCUT2D eigenvalue weighted by molar-refractivity contribution is -0.144. The van der Waals surface area contributed by atoms with E-state index in [1.54, 1.807) is 6.08 Å². The first-order valence-electron chi connectivity index (χ1n) is 9.83. The van der Waals surface area contributed by atoms with Gasteiger partial charge in [-0.3, -0.25) is 14.7 Å². The zero-order valence-electron chi connectivity index (χ0n) is 16.4. The molecule has 2 aromatic rings. The number of carbonyl (C=O) groups excluding carboxylic acids is 2. The molecule has 3 aliphatic heterocycles. The van der Waals surface area contributed by atoms with E-state index in [1.165, 1.54) is 0 Å². The van der Waals surface area contributed by atoms with Crippen LogP contribution in [0.1, 0.15) is 24.6 Å². The first-order chi connectivity index (χ1) is 14.5. The molecule has 30 heavy (non-hydrogen) atoms. The molecule has 4 heterocycles. The van der Waals surface area contributed by atoms with Crippen LogP contribution in [0.3, 0.4) is 0 Å². The molecule has 0 radical (unpaired) electrons. The van der Waals surface area contributed by atoms with Crippen LogP contribution in [0.15, 0.2) is 53.7 Å². The summed E-state index contributed by atoms with van der Waals surface area (Å²) in [5.41, 5.74) is 2.82. The summed E-state index contributed by atoms with van der Waals surface area (Å²) in [4.78, 5) is 33.7. The van der Waals surface area contributed by atoms with Gasteiger partial charge in [0.2, 0.25) is 5.91 Å². The number of allylic oxidation sites excluding steroid dienone is 2. The number of fused-ring (bicyclic) bond motifs is 2. The van der Waals surface area contributed by atoms with E-state index in [2.05, 4.69) is 15.2 Å². The SMILES string of the molecule is CC1(C(=O)N2CCc3[nH]nc(-c4ccc(Cl)cc4)c3C2)CC(=O)N=C2C=CC=CN21. The topological polar surface area (TPSA) is 81.7 Å². The van der Waals surface area contributed by atoms with Gasteiger partial charge in [0.15, 0.2) is 0 Å². The fourth-order valence-corrected chi connectivity index (χ4v) is 4.45. The number of amides is 2. The molecule has 8 heteroatoms. The van der Waals surface area contributed by atoms with Crippen molar-refractivity contribution in [2.75, 3.05) is 6.54 Å². The van der Waals surface area contributed by atoms with E-state index in [9.17, 15) is 9.59 Å². The highest BCUT2D eigenvalue weighted by molar-refractivity contribution is 6.30. The minimum Gasteiger partial charge on any atom is -0.336 e. The van der Waals surface area contributed by atoms with Crippen LogP contribution in [0.4, 0.5) is 0 Å². The number of benzene rings is 1. The average Bonchev–Trinajstić information content (AvgIpc) is 3.17. The Balaban J connectivity index is 1.45. The third-order valence-corrected chi connectivity index (χ3v) is 6.16. The van der Waals surface area contributed by atoms with Crippen LogP contribution in [0.2, 0.25) is 5.02 Å². The molecule has 0 saturated carbocycles. The molecule has 5 rings (SSSR count). The van der Waals surface area contributed by atoms with Gasteiger partial charge in [0.1, 0.15) is 11.4 Å². The highest BCUT2D eigenvalue weighted by Crippen LogP contribution is 2.34. The minimum absolute atomic E-state index is 0.0479. The van der Waals surface area contributed by atoms with Crippen molar-refractivity contribution in [2.45, 2.75) is 31.8 Å². The van der Waals surface area contributed by atoms with Gasteiger partial charge in [-0.05, 0) is 31.2 Å². The monoisotopic (exact) mass is 421 g/mol. The maximum absolute atomic E-state index is 13.7. The van der Waals surface area contributed by atoms with Gasteiger partial charge in [-0.1, -0.05) is 29.8 Å². The molecule has 152 valence electrons. The highest BCUT2D eigenvalue weighted by atomic mass is 35.5. The zero-order valence-corrected chi connectivity index (χ0v) is 17.2. The summed E-state index contributed by atoms with van der Waals surface area (Å²) in [6.07, 6.45) is 7.97. The Morgan fingerprint density at radius 3 is 2.83 bits per heavy atom. The number of H-pyrrole nitrogens is 1. The lowest BCUT2D eigenvalue weighted by Gasteiger charge is -2.44. The summed E-state index contributed by atoms with van der Waals surface area (Å²) < 4.78 is 0. The number of amidine groups is 1. The molecule has 1 aromatic heterocycles. The fraction of sp³-hybridized carbons (Fsp3) is 0.273. The Bertz CT molecular complexity index is 1130. The van der Waals surface area contributed by atoms with E-state index in [0.29, 0.717) is 30.4 Å². The fourth-order valence-electron chi connectivity index (χ4n) is 4.32. The van der Waals surface area contributed by atoms with E-state index < -0.39 is 5.54 Å². The Kier molecular flexibility index (Phi) is 4.36. The molecule has 1 atom stereocenters. The van der Waals surface area contributed by atoms with Gasteiger partial charge in [0, 0.05) is 47.6 Å². The first-order valence-corrected chi connectivity index (χ1v) is 10.2. The zero-order chi connectivity index (χ0) is 20.9. The summed E-state index contributed by atoms with van der Waals surface area (Å²) in [7, 11) is 0. The summed E-state index contributed by atoms with van der Waals surface area (Å²) in [5, 5.41) is 8.27. The van der Waals surface area contributed by atoms with E-state index in [1.807, 2.05) is 59.3 Å². The highest BCUT2D eigenvalue weighted by Gasteiger charge is 2.47. The summed E-state index contributed by atoms with van der Waals surface area (Å²) in [6.45, 7) is 2.82. The van der Waals surface area contributed by atoms with Gasteiger partial charge in [0.25, 0.3) is 5.91 Å². The van der Waals surface area contributed by atoms with Crippen molar-refractivity contribution in [2.24, 2.45) is 4.99 Å². The number of aromatic amines is 1. The third kappa shape index (κ3) is 2.97. The lowest BCUT2D eigenvalue weighted by atomic mass is 9.89. The Morgan fingerprint density at radius 2 is 2.03 bits per heavy atom. The number of hydrogen-bond donors (Lipinski definition) is 1. The number of aromatic nitrogens is 2. The maximum Gasteiger partial charge on any atom is 0.250 e. The van der Waals surface area contributed by atoms with Crippen molar-refractivity contribution in [3.63, 3.8) is 0 Å². The van der Waals surface area contributed by atoms with Gasteiger partial charge < -0.3 is 9.80 Å². The molecule has 0 fully saturated rings. The number of nitrogens with one attached hydrogen (secondary N) is 1. The van der Waals surface area contributed by atoms with Crippen molar-refractivity contribution in [1.29, 1.82) is 0 Å². The molecule has 7 nitrogen and oxygen atoms in total. The molecule has 0 saturated heterocycles. The Hall–Kier alpha value is -3.19. The van der Waals surface area contributed by atoms with Crippen molar-refractivity contribution < 1.29 is 9.59 Å². The van der Waals surface area contributed by atoms with Crippen LogP contribution >= 0.6 is 11.6 Å². The lowest BCUT2D eigenvalue weighted by Crippen LogP contribution is -2.61. The maximum atomic E-state index is 13.7. The van der Waals surface area contributed by atoms with Crippen LogP contribution < -0.4 is 0 Å². The van der Waals surface area contributed by atoms with Gasteiger partial charge in [0.05, 0.1) is 12.1 Å². The molecule has 1 unspecified atom stereocenters. The molecular weight excluding hydrogens is 402 g/mol. The van der Waals surface area contributed by atoms with Crippen molar-refractivity contribution in [1.82, 2.24) is 20.0 Å². The smallest absolute Gasteiger partial charge is 0.250 e. The molecular formula is C22H20ClN5O2. The number of rotatable bonds is 2. The molecule has 1 N–H and O–H groups in total. The van der Waals surface area contributed by atoms with Crippen LogP contribution in [0, 0.1) is 0 Å². The number of halogens is 1. The minimum atomic E-state index is -1.00. The second kappa shape index (κ2) is 6.95. The summed E-state index contributed by atoms with van der Waals surface area (Å²) >= 11 is 6.02. The quantitative estimate of drug-likeness (QED) is 0.807. The van der Waals surface area contributed by atoms with Crippen molar-refractivity contribution in [3.8, 4) is 11.3 Å². The largest absolute Gasteiger partial charge is 0.336 e. The van der Waals surface area contributed by atoms with Crippen LogP contribution in [0.5, 0.6) is 0 Å². The Labute approximate surface area is 178 Å². The van der Waals surface area contributed by atoms with Gasteiger partial charge in [-0.25, -0.2) is 0 Å². The van der Waals surface area contributed by atoms with Gasteiger partial charge in [-0.15, -0.1) is 0 Å². The third-order valence-electron chi connectivity index (χ3n) is 5.90. The molecule has 0 spiro atoms. The second-order valence-corrected chi connectivity index (χ2v) is 8.33. The first kappa shape index (κ1) is 18.8. The van der Waals surface area contributed by atoms with Gasteiger partial charge >= 0.3 is 0 Å². The normalized spacial score (nSPS) is 22.6. The Morgan fingerprint density at radius 1 is 1.23 bits per heavy atom. The van der Waals surface area contributed by atoms with Crippen LogP contribution in [-0.2, 0) is 22.6 Å². The van der Waals surface area contributed by atoms with E-state index >= 15 is 0 Å². The molecule has 2 amide bonds. The molecule has 0 bridgehead atoms. The standard InChI is InChI=1S/C22H20ClN5O2/c1-22(12-19(29)24-18-4-2-3-10-28(18)22)21(30)27-11-9-17-16(13-27)20(26-25-17)14-5-7-15(23)8-6-14/h2-8,10H,9,11-13H2,1H3,(H,25,26). The number of aliphatic imine (C=N–C) groups is 1. The molecule has 3 aliphatic rings. The van der Waals surface area contributed by atoms with Crippen molar-refractivity contribution >= 4 is 29.3 Å². The average molecular weight is 422 g/mol. The number of nitrogens with zero attached hydrogens (tertiary/aromatic N) is 4. The molecule has 1 aromatic carbocycles. The number of carbonyl (C=O) groups is 2.